The van der Waals surface area contributed by atoms with Crippen LogP contribution in [0.25, 0.3) is 0 Å². The van der Waals surface area contributed by atoms with Crippen molar-refractivity contribution in [1.29, 1.82) is 0 Å². The third kappa shape index (κ3) is 4.53. The number of carbonyl (C=O) groups excluding carboxylic acids is 2. The number of carbonyl (C=O) groups is 2. The van der Waals surface area contributed by atoms with Crippen LogP contribution in [0.4, 0.5) is 11.4 Å². The molecule has 0 spiro atoms. The van der Waals surface area contributed by atoms with Crippen LogP contribution < -0.4 is 10.6 Å². The van der Waals surface area contributed by atoms with E-state index in [4.69, 9.17) is 0 Å². The molecule has 0 unspecified atom stereocenters. The molecule has 6 nitrogen and oxygen atoms in total. The highest BCUT2D eigenvalue weighted by Gasteiger charge is 2.10. The van der Waals surface area contributed by atoms with Crippen molar-refractivity contribution < 1.29 is 9.59 Å². The van der Waals surface area contributed by atoms with Gasteiger partial charge < -0.3 is 10.6 Å². The Morgan fingerprint density at radius 3 is 2.43 bits per heavy atom. The van der Waals surface area contributed by atoms with E-state index in [2.05, 4.69) is 20.6 Å². The molecule has 2 amide bonds. The molecule has 23 heavy (non-hydrogen) atoms. The van der Waals surface area contributed by atoms with Gasteiger partial charge in [-0.3, -0.25) is 9.59 Å². The Morgan fingerprint density at radius 2 is 1.87 bits per heavy atom. The van der Waals surface area contributed by atoms with Gasteiger partial charge in [0.2, 0.25) is 5.91 Å². The van der Waals surface area contributed by atoms with Crippen LogP contribution in [0.2, 0.25) is 0 Å². The number of benzene rings is 1. The van der Waals surface area contributed by atoms with Gasteiger partial charge in [0.25, 0.3) is 5.91 Å². The molecule has 2 aromatic rings. The summed E-state index contributed by atoms with van der Waals surface area (Å²) in [5.74, 6) is -0.321. The van der Waals surface area contributed by atoms with Crippen molar-refractivity contribution in [1.82, 2.24) is 9.97 Å². The zero-order valence-corrected chi connectivity index (χ0v) is 14.0. The van der Waals surface area contributed by atoms with Gasteiger partial charge in [-0.2, -0.15) is 0 Å². The maximum atomic E-state index is 12.2. The van der Waals surface area contributed by atoms with Crippen LogP contribution >= 0.6 is 11.8 Å². The molecule has 0 saturated carbocycles. The lowest BCUT2D eigenvalue weighted by molar-refractivity contribution is -0.115. The minimum Gasteiger partial charge on any atom is -0.326 e. The fourth-order valence-corrected chi connectivity index (χ4v) is 2.18. The Labute approximate surface area is 139 Å². The van der Waals surface area contributed by atoms with Crippen molar-refractivity contribution in [3.05, 3.63) is 41.7 Å². The van der Waals surface area contributed by atoms with E-state index in [1.54, 1.807) is 19.1 Å². The second-order valence-electron chi connectivity index (χ2n) is 4.84. The summed E-state index contributed by atoms with van der Waals surface area (Å²) in [7, 11) is 0. The van der Waals surface area contributed by atoms with Crippen LogP contribution in [0, 0.1) is 6.92 Å². The van der Waals surface area contributed by atoms with Gasteiger partial charge in [0.05, 0.1) is 5.56 Å². The largest absolute Gasteiger partial charge is 0.326 e. The minimum absolute atomic E-state index is 0.0489. The van der Waals surface area contributed by atoms with E-state index in [0.717, 1.165) is 5.56 Å². The lowest BCUT2D eigenvalue weighted by Gasteiger charge is -2.11. The van der Waals surface area contributed by atoms with Gasteiger partial charge in [0.1, 0.15) is 0 Å². The first-order valence-electron chi connectivity index (χ1n) is 7.11. The lowest BCUT2D eigenvalue weighted by atomic mass is 10.1. The molecule has 0 aliphatic rings. The van der Waals surface area contributed by atoms with E-state index < -0.39 is 0 Å². The Kier molecular flexibility index (Phi) is 5.70. The molecule has 1 aromatic carbocycles. The summed E-state index contributed by atoms with van der Waals surface area (Å²) < 4.78 is 0. The average molecular weight is 330 g/mol. The van der Waals surface area contributed by atoms with Gasteiger partial charge in [0.15, 0.2) is 5.16 Å². The molecule has 1 heterocycles. The van der Waals surface area contributed by atoms with Crippen molar-refractivity contribution in [3.8, 4) is 0 Å². The average Bonchev–Trinajstić information content (AvgIpc) is 2.57. The Balaban J connectivity index is 2.09. The van der Waals surface area contributed by atoms with Gasteiger partial charge >= 0.3 is 0 Å². The van der Waals surface area contributed by atoms with Crippen molar-refractivity contribution in [2.24, 2.45) is 0 Å². The molecule has 2 rings (SSSR count). The van der Waals surface area contributed by atoms with Crippen LogP contribution in [0.1, 0.15) is 29.3 Å². The first-order valence-corrected chi connectivity index (χ1v) is 8.34. The Hall–Kier alpha value is -2.41. The summed E-state index contributed by atoms with van der Waals surface area (Å²) in [5.41, 5.74) is 2.64. The van der Waals surface area contributed by atoms with Gasteiger partial charge in [0, 0.05) is 30.2 Å². The van der Waals surface area contributed by atoms with Crippen molar-refractivity contribution >= 4 is 35.0 Å². The molecule has 7 heteroatoms. The first-order chi connectivity index (χ1) is 11.0. The van der Waals surface area contributed by atoms with Crippen LogP contribution in [-0.4, -0.2) is 28.0 Å². The second kappa shape index (κ2) is 7.73. The predicted octanol–water partition coefficient (Wildman–Crippen LogP) is 3.11. The maximum Gasteiger partial charge on any atom is 0.258 e. The highest BCUT2D eigenvalue weighted by molar-refractivity contribution is 7.98. The second-order valence-corrected chi connectivity index (χ2v) is 5.62. The van der Waals surface area contributed by atoms with Crippen molar-refractivity contribution in [2.45, 2.75) is 25.4 Å². The van der Waals surface area contributed by atoms with E-state index in [1.165, 1.54) is 24.2 Å². The van der Waals surface area contributed by atoms with Crippen molar-refractivity contribution in [2.75, 3.05) is 16.9 Å². The highest BCUT2D eigenvalue weighted by Crippen LogP contribution is 2.20. The third-order valence-corrected chi connectivity index (χ3v) is 3.73. The molecule has 0 aliphatic carbocycles. The molecule has 0 atom stereocenters. The van der Waals surface area contributed by atoms with Gasteiger partial charge in [-0.05, 0) is 36.9 Å². The van der Waals surface area contributed by atoms with E-state index in [9.17, 15) is 9.59 Å². The molecule has 120 valence electrons. The number of hydrogen-bond donors (Lipinski definition) is 2. The van der Waals surface area contributed by atoms with Crippen molar-refractivity contribution in [3.63, 3.8) is 0 Å². The van der Waals surface area contributed by atoms with E-state index in [-0.39, 0.29) is 11.8 Å². The number of rotatable bonds is 5. The van der Waals surface area contributed by atoms with E-state index in [1.807, 2.05) is 19.2 Å². The maximum absolute atomic E-state index is 12.2. The predicted molar refractivity (Wildman–Crippen MR) is 91.9 cm³/mol. The summed E-state index contributed by atoms with van der Waals surface area (Å²) in [4.78, 5) is 31.8. The smallest absolute Gasteiger partial charge is 0.258 e. The number of aromatic nitrogens is 2. The summed E-state index contributed by atoms with van der Waals surface area (Å²) in [6.07, 6.45) is 5.29. The van der Waals surface area contributed by atoms with Crippen LogP contribution in [0.15, 0.2) is 35.7 Å². The van der Waals surface area contributed by atoms with Crippen LogP contribution in [0.5, 0.6) is 0 Å². The molecule has 1 aromatic heterocycles. The number of anilines is 2. The van der Waals surface area contributed by atoms with Crippen LogP contribution in [0.3, 0.4) is 0 Å². The third-order valence-electron chi connectivity index (χ3n) is 3.15. The normalized spacial score (nSPS) is 10.2. The SMILES string of the molecule is CCC(=O)Nc1ccc(NC(=O)c2cnc(SC)nc2)c(C)c1. The topological polar surface area (TPSA) is 84.0 Å². The first kappa shape index (κ1) is 17.0. The highest BCUT2D eigenvalue weighted by atomic mass is 32.2. The molecular weight excluding hydrogens is 312 g/mol. The molecule has 2 N–H and O–H groups in total. The van der Waals surface area contributed by atoms with E-state index >= 15 is 0 Å². The summed E-state index contributed by atoms with van der Waals surface area (Å²) in [6.45, 7) is 3.66. The lowest BCUT2D eigenvalue weighted by Crippen LogP contribution is -2.14. The number of aryl methyl sites for hydroxylation is 1. The summed E-state index contributed by atoms with van der Waals surface area (Å²) >= 11 is 1.42. The molecule has 0 saturated heterocycles. The quantitative estimate of drug-likeness (QED) is 0.650. The monoisotopic (exact) mass is 330 g/mol. The molecule has 0 radical (unpaired) electrons. The molecule has 0 bridgehead atoms. The minimum atomic E-state index is -0.272. The molecule has 0 fully saturated rings. The van der Waals surface area contributed by atoms with Gasteiger partial charge in [-0.25, -0.2) is 9.97 Å². The zero-order chi connectivity index (χ0) is 16.8. The fraction of sp³-hybridized carbons (Fsp3) is 0.250. The number of amides is 2. The summed E-state index contributed by atoms with van der Waals surface area (Å²) in [6, 6.07) is 5.33. The van der Waals surface area contributed by atoms with Gasteiger partial charge in [-0.1, -0.05) is 18.7 Å². The van der Waals surface area contributed by atoms with Crippen LogP contribution in [-0.2, 0) is 4.79 Å². The number of thioether (sulfide) groups is 1. The Morgan fingerprint density at radius 1 is 1.17 bits per heavy atom. The molecule has 0 aliphatic heterocycles. The number of nitrogens with zero attached hydrogens (tertiary/aromatic N) is 2. The van der Waals surface area contributed by atoms with Gasteiger partial charge in [-0.15, -0.1) is 0 Å². The molecular formula is C16H18N4O2S. The zero-order valence-electron chi connectivity index (χ0n) is 13.2. The fourth-order valence-electron chi connectivity index (χ4n) is 1.86. The number of nitrogens with one attached hydrogen (secondary N) is 2. The standard InChI is InChI=1S/C16H18N4O2S/c1-4-14(21)19-12-5-6-13(10(2)7-12)20-15(22)11-8-17-16(23-3)18-9-11/h5-9H,4H2,1-3H3,(H,19,21)(H,20,22). The Bertz CT molecular complexity index is 717. The van der Waals surface area contributed by atoms with E-state index in [0.29, 0.717) is 28.5 Å². The summed E-state index contributed by atoms with van der Waals surface area (Å²) in [5, 5.41) is 6.22. The number of hydrogen-bond acceptors (Lipinski definition) is 5.